The number of hydrogen-bond donors (Lipinski definition) is 1. The number of thiophene rings is 1. The van der Waals surface area contributed by atoms with Crippen molar-refractivity contribution in [2.45, 2.75) is 26.3 Å². The monoisotopic (exact) mass is 415 g/mol. The van der Waals surface area contributed by atoms with E-state index in [9.17, 15) is 0 Å². The third-order valence-corrected chi connectivity index (χ3v) is 5.46. The smallest absolute Gasteiger partial charge is 0.157 e. The van der Waals surface area contributed by atoms with Crippen LogP contribution in [-0.2, 0) is 0 Å². The molecule has 3 aromatic heterocycles. The van der Waals surface area contributed by atoms with Crippen LogP contribution in [0.5, 0.6) is 0 Å². The number of imidazole rings is 1. The maximum atomic E-state index is 4.82. The lowest BCUT2D eigenvalue weighted by Gasteiger charge is -2.22. The minimum Gasteiger partial charge on any atom is -0.378 e. The standard InChI is InChI=1S/C24H25N5S/c1-24(2,3)27-23-22(26-21-16-25-13-14-29(21)23)20-12-11-19(30-20)10-9-17-7-6-8-18(15-17)28(4)5/h6-8,11-16,27H,1-5H3. The van der Waals surface area contributed by atoms with Crippen LogP contribution in [0.15, 0.2) is 55.0 Å². The second-order valence-corrected chi connectivity index (χ2v) is 9.43. The van der Waals surface area contributed by atoms with Gasteiger partial charge in [-0.2, -0.15) is 0 Å². The molecule has 0 saturated heterocycles. The molecule has 0 aliphatic carbocycles. The molecule has 0 atom stereocenters. The predicted molar refractivity (Wildman–Crippen MR) is 126 cm³/mol. The number of rotatable bonds is 3. The first-order valence-electron chi connectivity index (χ1n) is 9.80. The number of hydrogen-bond acceptors (Lipinski definition) is 5. The van der Waals surface area contributed by atoms with Crippen LogP contribution < -0.4 is 10.2 Å². The van der Waals surface area contributed by atoms with Crippen LogP contribution in [-0.4, -0.2) is 34.0 Å². The lowest BCUT2D eigenvalue weighted by atomic mass is 10.1. The Balaban J connectivity index is 1.69. The Morgan fingerprint density at radius 3 is 2.70 bits per heavy atom. The van der Waals surface area contributed by atoms with Crippen LogP contribution in [0.3, 0.4) is 0 Å². The summed E-state index contributed by atoms with van der Waals surface area (Å²) < 4.78 is 2.05. The normalized spacial score (nSPS) is 11.2. The molecule has 5 nitrogen and oxygen atoms in total. The molecule has 0 fully saturated rings. The molecule has 0 amide bonds. The molecule has 4 rings (SSSR count). The number of anilines is 2. The zero-order valence-corrected chi connectivity index (χ0v) is 18.7. The number of aromatic nitrogens is 3. The van der Waals surface area contributed by atoms with Gasteiger partial charge in [0.2, 0.25) is 0 Å². The first kappa shape index (κ1) is 20.0. The highest BCUT2D eigenvalue weighted by atomic mass is 32.1. The van der Waals surface area contributed by atoms with Crippen LogP contribution in [0.2, 0.25) is 0 Å². The number of nitrogens with one attached hydrogen (secondary N) is 1. The fraction of sp³-hybridized carbons (Fsp3) is 0.250. The molecule has 0 radical (unpaired) electrons. The molecule has 1 N–H and O–H groups in total. The minimum absolute atomic E-state index is 0.0919. The van der Waals surface area contributed by atoms with E-state index in [1.807, 2.05) is 36.8 Å². The molecule has 30 heavy (non-hydrogen) atoms. The average Bonchev–Trinajstić information content (AvgIpc) is 3.30. The Labute approximate surface area is 181 Å². The fourth-order valence-electron chi connectivity index (χ4n) is 3.08. The molecule has 1 aromatic carbocycles. The van der Waals surface area contributed by atoms with Gasteiger partial charge in [0.05, 0.1) is 16.0 Å². The summed E-state index contributed by atoms with van der Waals surface area (Å²) >= 11 is 1.65. The first-order valence-corrected chi connectivity index (χ1v) is 10.6. The molecule has 0 saturated carbocycles. The molecule has 4 aromatic rings. The van der Waals surface area contributed by atoms with Gasteiger partial charge in [-0.15, -0.1) is 11.3 Å². The van der Waals surface area contributed by atoms with E-state index in [4.69, 9.17) is 4.98 Å². The Kier molecular flexibility index (Phi) is 5.23. The fourth-order valence-corrected chi connectivity index (χ4v) is 3.93. The summed E-state index contributed by atoms with van der Waals surface area (Å²) in [5.41, 5.74) is 3.80. The molecular formula is C24H25N5S. The second-order valence-electron chi connectivity index (χ2n) is 8.35. The molecule has 152 valence electrons. The van der Waals surface area contributed by atoms with E-state index in [1.165, 1.54) is 0 Å². The molecule has 0 aliphatic heterocycles. The van der Waals surface area contributed by atoms with Crippen molar-refractivity contribution in [1.29, 1.82) is 0 Å². The number of nitrogens with zero attached hydrogens (tertiary/aromatic N) is 4. The van der Waals surface area contributed by atoms with Crippen molar-refractivity contribution in [2.75, 3.05) is 24.3 Å². The van der Waals surface area contributed by atoms with Gasteiger partial charge in [-0.1, -0.05) is 17.9 Å². The van der Waals surface area contributed by atoms with Crippen LogP contribution in [0, 0.1) is 11.8 Å². The second kappa shape index (κ2) is 7.85. The minimum atomic E-state index is -0.0919. The molecule has 0 spiro atoms. The van der Waals surface area contributed by atoms with E-state index < -0.39 is 0 Å². The Morgan fingerprint density at radius 1 is 1.10 bits per heavy atom. The quantitative estimate of drug-likeness (QED) is 0.471. The lowest BCUT2D eigenvalue weighted by Crippen LogP contribution is -2.27. The topological polar surface area (TPSA) is 45.5 Å². The van der Waals surface area contributed by atoms with E-state index in [-0.39, 0.29) is 5.54 Å². The van der Waals surface area contributed by atoms with Crippen molar-refractivity contribution in [3.63, 3.8) is 0 Å². The molecular weight excluding hydrogens is 390 g/mol. The summed E-state index contributed by atoms with van der Waals surface area (Å²) in [6.45, 7) is 6.43. The Morgan fingerprint density at radius 2 is 1.93 bits per heavy atom. The van der Waals surface area contributed by atoms with Crippen molar-refractivity contribution >= 4 is 28.5 Å². The highest BCUT2D eigenvalue weighted by Gasteiger charge is 2.20. The Bertz CT molecular complexity index is 1250. The maximum absolute atomic E-state index is 4.82. The number of fused-ring (bicyclic) bond motifs is 1. The summed E-state index contributed by atoms with van der Waals surface area (Å²) in [5, 5.41) is 3.59. The van der Waals surface area contributed by atoms with Gasteiger partial charge in [-0.25, -0.2) is 4.98 Å². The van der Waals surface area contributed by atoms with E-state index in [0.29, 0.717) is 0 Å². The number of benzene rings is 1. The van der Waals surface area contributed by atoms with Gasteiger partial charge in [0.1, 0.15) is 11.5 Å². The van der Waals surface area contributed by atoms with Crippen molar-refractivity contribution in [3.8, 4) is 22.4 Å². The first-order chi connectivity index (χ1) is 14.3. The summed E-state index contributed by atoms with van der Waals surface area (Å²) in [5.74, 6) is 7.56. The van der Waals surface area contributed by atoms with Crippen molar-refractivity contribution in [1.82, 2.24) is 14.4 Å². The van der Waals surface area contributed by atoms with E-state index in [1.54, 1.807) is 23.7 Å². The zero-order valence-electron chi connectivity index (χ0n) is 17.9. The molecule has 0 unspecified atom stereocenters. The van der Waals surface area contributed by atoms with Gasteiger partial charge in [0.25, 0.3) is 0 Å². The molecule has 0 aliphatic rings. The summed E-state index contributed by atoms with van der Waals surface area (Å²) in [6, 6.07) is 12.4. The lowest BCUT2D eigenvalue weighted by molar-refractivity contribution is 0.629. The summed E-state index contributed by atoms with van der Waals surface area (Å²) in [7, 11) is 4.07. The SMILES string of the molecule is CN(C)c1cccc(C#Cc2ccc(-c3nc4cnccn4c3NC(C)(C)C)s2)c1. The highest BCUT2D eigenvalue weighted by Crippen LogP contribution is 2.34. The van der Waals surface area contributed by atoms with Gasteiger partial charge in [0, 0.05) is 43.3 Å². The maximum Gasteiger partial charge on any atom is 0.157 e. The van der Waals surface area contributed by atoms with E-state index in [2.05, 4.69) is 72.1 Å². The predicted octanol–water partition coefficient (Wildman–Crippen LogP) is 5.13. The third-order valence-electron chi connectivity index (χ3n) is 4.46. The summed E-state index contributed by atoms with van der Waals surface area (Å²) in [6.07, 6.45) is 5.49. The van der Waals surface area contributed by atoms with Crippen molar-refractivity contribution < 1.29 is 0 Å². The van der Waals surface area contributed by atoms with Crippen molar-refractivity contribution in [2.24, 2.45) is 0 Å². The largest absolute Gasteiger partial charge is 0.378 e. The van der Waals surface area contributed by atoms with Crippen LogP contribution in [0.4, 0.5) is 11.5 Å². The van der Waals surface area contributed by atoms with Gasteiger partial charge < -0.3 is 10.2 Å². The van der Waals surface area contributed by atoms with Gasteiger partial charge in [0.15, 0.2) is 5.65 Å². The Hall–Kier alpha value is -3.30. The van der Waals surface area contributed by atoms with Gasteiger partial charge >= 0.3 is 0 Å². The van der Waals surface area contributed by atoms with Crippen LogP contribution >= 0.6 is 11.3 Å². The highest BCUT2D eigenvalue weighted by molar-refractivity contribution is 7.16. The van der Waals surface area contributed by atoms with Crippen LogP contribution in [0.25, 0.3) is 16.2 Å². The van der Waals surface area contributed by atoms with Crippen molar-refractivity contribution in [3.05, 3.63) is 65.4 Å². The van der Waals surface area contributed by atoms with E-state index >= 15 is 0 Å². The van der Waals surface area contributed by atoms with Crippen LogP contribution in [0.1, 0.15) is 31.2 Å². The van der Waals surface area contributed by atoms with E-state index in [0.717, 1.165) is 38.2 Å². The molecule has 3 heterocycles. The van der Waals surface area contributed by atoms with Gasteiger partial charge in [-0.05, 0) is 51.1 Å². The summed E-state index contributed by atoms with van der Waals surface area (Å²) in [4.78, 5) is 13.2. The zero-order chi connectivity index (χ0) is 21.3. The molecule has 6 heteroatoms. The third kappa shape index (κ3) is 4.32. The molecule has 0 bridgehead atoms. The van der Waals surface area contributed by atoms with Gasteiger partial charge in [-0.3, -0.25) is 9.38 Å². The average molecular weight is 416 g/mol.